The van der Waals surface area contributed by atoms with Crippen LogP contribution in [0.1, 0.15) is 50.2 Å². The van der Waals surface area contributed by atoms with Gasteiger partial charge in [-0.2, -0.15) is 0 Å². The third-order valence-corrected chi connectivity index (χ3v) is 6.29. The normalized spacial score (nSPS) is 15.8. The van der Waals surface area contributed by atoms with Gasteiger partial charge in [-0.3, -0.25) is 9.63 Å². The van der Waals surface area contributed by atoms with Crippen molar-refractivity contribution >= 4 is 18.0 Å². The molecule has 8 nitrogen and oxygen atoms in total. The molecule has 184 valence electrons. The fourth-order valence-corrected chi connectivity index (χ4v) is 4.31. The molecule has 3 N–H and O–H groups in total. The summed E-state index contributed by atoms with van der Waals surface area (Å²) in [7, 11) is 0. The molecule has 1 saturated carbocycles. The Labute approximate surface area is 204 Å². The highest BCUT2D eigenvalue weighted by Crippen LogP contribution is 2.44. The standard InChI is InChI=1S/C27H30N2O6/c1-16(2)11-14-23(25(30)29-35-24(26(31)32)17-12-13-17)28-27(33)34-15-22-20-9-5-3-7-18(20)19-8-4-6-10-21(19)22/h3-11,17,22-24H,12-15H2,1-2H3,(H,28,33)(H,29,30)(H,31,32). The van der Waals surface area contributed by atoms with Crippen LogP contribution in [0, 0.1) is 5.92 Å². The Morgan fingerprint density at radius 2 is 1.63 bits per heavy atom. The first-order valence-electron chi connectivity index (χ1n) is 11.8. The Bertz CT molecular complexity index is 1090. The van der Waals surface area contributed by atoms with Crippen molar-refractivity contribution in [2.24, 2.45) is 5.92 Å². The molecule has 4 rings (SSSR count). The number of aliphatic carboxylic acids is 1. The summed E-state index contributed by atoms with van der Waals surface area (Å²) in [4.78, 5) is 41.9. The lowest BCUT2D eigenvalue weighted by Gasteiger charge is -2.20. The number of carboxylic acid groups (broad SMARTS) is 1. The summed E-state index contributed by atoms with van der Waals surface area (Å²) >= 11 is 0. The number of nitrogens with one attached hydrogen (secondary N) is 2. The molecule has 2 aromatic carbocycles. The quantitative estimate of drug-likeness (QED) is 0.349. The predicted octanol–water partition coefficient (Wildman–Crippen LogP) is 4.16. The molecule has 0 aromatic heterocycles. The third kappa shape index (κ3) is 5.89. The molecule has 2 atom stereocenters. The smallest absolute Gasteiger partial charge is 0.407 e. The maximum Gasteiger partial charge on any atom is 0.407 e. The number of benzene rings is 2. The average Bonchev–Trinajstić information content (AvgIpc) is 3.62. The fourth-order valence-electron chi connectivity index (χ4n) is 4.31. The van der Waals surface area contributed by atoms with E-state index in [0.717, 1.165) is 40.7 Å². The minimum absolute atomic E-state index is 0.101. The molecule has 0 saturated heterocycles. The van der Waals surface area contributed by atoms with Crippen LogP contribution in [0.25, 0.3) is 11.1 Å². The van der Waals surface area contributed by atoms with Gasteiger partial charge >= 0.3 is 12.1 Å². The SMILES string of the molecule is CC(C)=CCC(NC(=O)OCC1c2ccccc2-c2ccccc21)C(=O)NOC(C(=O)O)C1CC1. The molecule has 0 heterocycles. The number of carbonyl (C=O) groups is 3. The van der Waals surface area contributed by atoms with Crippen LogP contribution >= 0.6 is 0 Å². The Balaban J connectivity index is 1.38. The van der Waals surface area contributed by atoms with Crippen LogP contribution < -0.4 is 10.8 Å². The van der Waals surface area contributed by atoms with Crippen LogP contribution in [-0.4, -0.2) is 41.8 Å². The number of fused-ring (bicyclic) bond motifs is 3. The van der Waals surface area contributed by atoms with E-state index in [0.29, 0.717) is 0 Å². The number of hydrogen-bond acceptors (Lipinski definition) is 5. The Hall–Kier alpha value is -3.65. The van der Waals surface area contributed by atoms with Crippen molar-refractivity contribution in [1.82, 2.24) is 10.8 Å². The molecule has 0 spiro atoms. The molecule has 2 aromatic rings. The minimum Gasteiger partial charge on any atom is -0.479 e. The van der Waals surface area contributed by atoms with Crippen molar-refractivity contribution in [3.8, 4) is 11.1 Å². The van der Waals surface area contributed by atoms with Crippen LogP contribution in [0.4, 0.5) is 4.79 Å². The van der Waals surface area contributed by atoms with E-state index in [1.807, 2.05) is 56.3 Å². The summed E-state index contributed by atoms with van der Waals surface area (Å²) in [5, 5.41) is 11.9. The van der Waals surface area contributed by atoms with Gasteiger partial charge in [0.05, 0.1) is 0 Å². The fraction of sp³-hybridized carbons (Fsp3) is 0.370. The molecule has 0 radical (unpaired) electrons. The van der Waals surface area contributed by atoms with E-state index in [4.69, 9.17) is 9.57 Å². The van der Waals surface area contributed by atoms with Gasteiger partial charge in [0.15, 0.2) is 6.10 Å². The minimum atomic E-state index is -1.13. The van der Waals surface area contributed by atoms with Gasteiger partial charge in [-0.05, 0) is 61.3 Å². The average molecular weight is 479 g/mol. The largest absolute Gasteiger partial charge is 0.479 e. The second-order valence-electron chi connectivity index (χ2n) is 9.22. The van der Waals surface area contributed by atoms with E-state index >= 15 is 0 Å². The van der Waals surface area contributed by atoms with Gasteiger partial charge in [-0.1, -0.05) is 60.2 Å². The summed E-state index contributed by atoms with van der Waals surface area (Å²) in [5.41, 5.74) is 7.62. The highest BCUT2D eigenvalue weighted by atomic mass is 16.7. The number of hydrogen-bond donors (Lipinski definition) is 3. The first kappa shape index (κ1) is 24.5. The number of ether oxygens (including phenoxy) is 1. The molecule has 35 heavy (non-hydrogen) atoms. The highest BCUT2D eigenvalue weighted by molar-refractivity contribution is 5.85. The summed E-state index contributed by atoms with van der Waals surface area (Å²) < 4.78 is 5.55. The van der Waals surface area contributed by atoms with E-state index in [1.165, 1.54) is 0 Å². The molecule has 2 aliphatic rings. The summed E-state index contributed by atoms with van der Waals surface area (Å²) in [6.07, 6.45) is 1.67. The van der Waals surface area contributed by atoms with Gasteiger partial charge < -0.3 is 15.2 Å². The topological polar surface area (TPSA) is 114 Å². The zero-order valence-electron chi connectivity index (χ0n) is 19.8. The summed E-state index contributed by atoms with van der Waals surface area (Å²) in [5.74, 6) is -1.98. The third-order valence-electron chi connectivity index (χ3n) is 6.29. The van der Waals surface area contributed by atoms with Crippen LogP contribution in [0.2, 0.25) is 0 Å². The Kier molecular flexibility index (Phi) is 7.51. The van der Waals surface area contributed by atoms with Crippen molar-refractivity contribution in [1.29, 1.82) is 0 Å². The zero-order chi connectivity index (χ0) is 24.9. The number of alkyl carbamates (subject to hydrolysis) is 1. The first-order chi connectivity index (χ1) is 16.8. The van der Waals surface area contributed by atoms with E-state index in [2.05, 4.69) is 22.9 Å². The van der Waals surface area contributed by atoms with Gasteiger partial charge in [-0.15, -0.1) is 0 Å². The van der Waals surface area contributed by atoms with Gasteiger partial charge in [0.2, 0.25) is 0 Å². The van der Waals surface area contributed by atoms with Gasteiger partial charge in [0.1, 0.15) is 12.6 Å². The maximum atomic E-state index is 12.7. The van der Waals surface area contributed by atoms with Gasteiger partial charge in [0.25, 0.3) is 5.91 Å². The monoisotopic (exact) mass is 478 g/mol. The second kappa shape index (κ2) is 10.7. The molecule has 2 aliphatic carbocycles. The molecule has 2 unspecified atom stereocenters. The number of carbonyl (C=O) groups excluding carboxylic acids is 2. The van der Waals surface area contributed by atoms with Crippen LogP contribution in [0.3, 0.4) is 0 Å². The summed E-state index contributed by atoms with van der Waals surface area (Å²) in [6.45, 7) is 3.88. The number of hydroxylamine groups is 1. The van der Waals surface area contributed by atoms with E-state index in [1.54, 1.807) is 0 Å². The number of allylic oxidation sites excluding steroid dienone is 1. The first-order valence-corrected chi connectivity index (χ1v) is 11.8. The molecule has 2 amide bonds. The molecule has 0 bridgehead atoms. The van der Waals surface area contributed by atoms with Gasteiger partial charge in [-0.25, -0.2) is 15.1 Å². The van der Waals surface area contributed by atoms with E-state index in [-0.39, 0.29) is 24.9 Å². The second-order valence-corrected chi connectivity index (χ2v) is 9.22. The molecule has 0 aliphatic heterocycles. The van der Waals surface area contributed by atoms with Gasteiger partial charge in [0, 0.05) is 5.92 Å². The Morgan fingerprint density at radius 1 is 1.03 bits per heavy atom. The number of carboxylic acids is 1. The predicted molar refractivity (Wildman–Crippen MR) is 129 cm³/mol. The molecular weight excluding hydrogens is 448 g/mol. The summed E-state index contributed by atoms with van der Waals surface area (Å²) in [6, 6.07) is 15.1. The molecular formula is C27H30N2O6. The lowest BCUT2D eigenvalue weighted by Crippen LogP contribution is -2.48. The van der Waals surface area contributed by atoms with E-state index in [9.17, 15) is 19.5 Å². The van der Waals surface area contributed by atoms with Crippen LogP contribution in [0.5, 0.6) is 0 Å². The van der Waals surface area contributed by atoms with E-state index < -0.39 is 30.1 Å². The lowest BCUT2D eigenvalue weighted by molar-refractivity contribution is -0.163. The van der Waals surface area contributed by atoms with Crippen LogP contribution in [0.15, 0.2) is 60.2 Å². The van der Waals surface area contributed by atoms with Crippen molar-refractivity contribution in [3.05, 3.63) is 71.3 Å². The number of rotatable bonds is 10. The van der Waals surface area contributed by atoms with Crippen LogP contribution in [-0.2, 0) is 19.2 Å². The molecule has 8 heteroatoms. The van der Waals surface area contributed by atoms with Crippen molar-refractivity contribution in [2.75, 3.05) is 6.61 Å². The molecule has 1 fully saturated rings. The maximum absolute atomic E-state index is 12.7. The zero-order valence-corrected chi connectivity index (χ0v) is 19.8. The highest BCUT2D eigenvalue weighted by Gasteiger charge is 2.38. The van der Waals surface area contributed by atoms with Crippen molar-refractivity contribution < 1.29 is 29.1 Å². The lowest BCUT2D eigenvalue weighted by atomic mass is 9.98. The van der Waals surface area contributed by atoms with Crippen molar-refractivity contribution in [3.63, 3.8) is 0 Å². The number of amides is 2. The Morgan fingerprint density at radius 3 is 2.17 bits per heavy atom. The van der Waals surface area contributed by atoms with Crippen molar-refractivity contribution in [2.45, 2.75) is 51.2 Å².